The van der Waals surface area contributed by atoms with Crippen LogP contribution in [0.2, 0.25) is 0 Å². The van der Waals surface area contributed by atoms with E-state index in [1.165, 1.54) is 4.90 Å². The Morgan fingerprint density at radius 2 is 2.36 bits per heavy atom. The topological polar surface area (TPSA) is 83.6 Å². The fourth-order valence-corrected chi connectivity index (χ4v) is 2.09. The van der Waals surface area contributed by atoms with Gasteiger partial charge in [0, 0.05) is 0 Å². The minimum Gasteiger partial charge on any atom is -0.477 e. The SMILES string of the molecule is C[C@@H]1C=C(C(=O)O)N2C(=O)[C@@H](N)[C@H]2C1. The maximum absolute atomic E-state index is 11.3. The summed E-state index contributed by atoms with van der Waals surface area (Å²) in [6.07, 6.45) is 2.37. The standard InChI is InChI=1S/C9H12N2O3/c1-4-2-5-7(10)8(12)11(5)6(3-4)9(13)14/h3-5,7H,2,10H2,1H3,(H,13,14)/t4-,5+,7-/m0/s1. The molecule has 1 saturated heterocycles. The summed E-state index contributed by atoms with van der Waals surface area (Å²) in [5, 5.41) is 8.88. The molecule has 1 amide bonds. The van der Waals surface area contributed by atoms with Crippen LogP contribution in [0.4, 0.5) is 0 Å². The molecule has 2 aliphatic heterocycles. The van der Waals surface area contributed by atoms with Crippen LogP contribution in [0.1, 0.15) is 13.3 Å². The van der Waals surface area contributed by atoms with Crippen molar-refractivity contribution in [3.8, 4) is 0 Å². The number of carboxylic acids is 1. The van der Waals surface area contributed by atoms with Gasteiger partial charge in [-0.15, -0.1) is 0 Å². The van der Waals surface area contributed by atoms with Crippen LogP contribution in [0, 0.1) is 5.92 Å². The van der Waals surface area contributed by atoms with Crippen LogP contribution in [0.3, 0.4) is 0 Å². The highest BCUT2D eigenvalue weighted by Gasteiger charge is 2.50. The molecule has 0 saturated carbocycles. The zero-order valence-corrected chi connectivity index (χ0v) is 7.80. The van der Waals surface area contributed by atoms with Gasteiger partial charge in [0.1, 0.15) is 11.7 Å². The molecule has 2 heterocycles. The van der Waals surface area contributed by atoms with Gasteiger partial charge in [-0.2, -0.15) is 0 Å². The molecule has 2 aliphatic rings. The van der Waals surface area contributed by atoms with Gasteiger partial charge in [0.15, 0.2) is 0 Å². The number of carbonyl (C=O) groups is 2. The smallest absolute Gasteiger partial charge is 0.352 e. The number of carbonyl (C=O) groups excluding carboxylic acids is 1. The third-order valence-electron chi connectivity index (χ3n) is 2.80. The molecule has 2 rings (SSSR count). The molecular formula is C9H12N2O3. The molecule has 0 spiro atoms. The Morgan fingerprint density at radius 1 is 1.71 bits per heavy atom. The number of rotatable bonds is 1. The Balaban J connectivity index is 2.32. The van der Waals surface area contributed by atoms with E-state index in [-0.39, 0.29) is 23.6 Å². The largest absolute Gasteiger partial charge is 0.477 e. The quantitative estimate of drug-likeness (QED) is 0.555. The first-order valence-electron chi connectivity index (χ1n) is 4.56. The van der Waals surface area contributed by atoms with Crippen LogP contribution in [0.15, 0.2) is 11.8 Å². The predicted molar refractivity (Wildman–Crippen MR) is 48.1 cm³/mol. The molecule has 5 nitrogen and oxygen atoms in total. The summed E-state index contributed by atoms with van der Waals surface area (Å²) >= 11 is 0. The van der Waals surface area contributed by atoms with Crippen LogP contribution in [0.25, 0.3) is 0 Å². The Morgan fingerprint density at radius 3 is 2.93 bits per heavy atom. The van der Waals surface area contributed by atoms with Crippen molar-refractivity contribution in [3.05, 3.63) is 11.8 Å². The lowest BCUT2D eigenvalue weighted by Crippen LogP contribution is -2.69. The second-order valence-electron chi connectivity index (χ2n) is 3.87. The summed E-state index contributed by atoms with van der Waals surface area (Å²) in [6.45, 7) is 1.93. The van der Waals surface area contributed by atoms with Gasteiger partial charge in [-0.1, -0.05) is 13.0 Å². The minimum atomic E-state index is -1.05. The number of fused-ring (bicyclic) bond motifs is 1. The number of carboxylic acid groups (broad SMARTS) is 1. The van der Waals surface area contributed by atoms with Gasteiger partial charge in [-0.3, -0.25) is 9.69 Å². The van der Waals surface area contributed by atoms with Crippen LogP contribution in [0.5, 0.6) is 0 Å². The zero-order chi connectivity index (χ0) is 10.5. The van der Waals surface area contributed by atoms with E-state index in [2.05, 4.69) is 0 Å². The molecular weight excluding hydrogens is 184 g/mol. The summed E-state index contributed by atoms with van der Waals surface area (Å²) in [5.41, 5.74) is 5.67. The molecule has 76 valence electrons. The van der Waals surface area contributed by atoms with E-state index >= 15 is 0 Å². The van der Waals surface area contributed by atoms with Crippen LogP contribution in [-0.2, 0) is 9.59 Å². The lowest BCUT2D eigenvalue weighted by molar-refractivity contribution is -0.153. The maximum Gasteiger partial charge on any atom is 0.352 e. The van der Waals surface area contributed by atoms with Gasteiger partial charge < -0.3 is 10.8 Å². The second-order valence-corrected chi connectivity index (χ2v) is 3.87. The highest BCUT2D eigenvalue weighted by Crippen LogP contribution is 2.34. The number of nitrogens with zero attached hydrogens (tertiary/aromatic N) is 1. The lowest BCUT2D eigenvalue weighted by Gasteiger charge is -2.48. The molecule has 0 aliphatic carbocycles. The normalized spacial score (nSPS) is 35.9. The van der Waals surface area contributed by atoms with E-state index in [1.54, 1.807) is 6.08 Å². The van der Waals surface area contributed by atoms with Gasteiger partial charge in [0.2, 0.25) is 5.91 Å². The van der Waals surface area contributed by atoms with E-state index in [0.29, 0.717) is 0 Å². The minimum absolute atomic E-state index is 0.0838. The lowest BCUT2D eigenvalue weighted by atomic mass is 9.83. The van der Waals surface area contributed by atoms with Crippen LogP contribution < -0.4 is 5.73 Å². The third kappa shape index (κ3) is 1.05. The number of aliphatic carboxylic acids is 1. The molecule has 0 radical (unpaired) electrons. The van der Waals surface area contributed by atoms with Crippen molar-refractivity contribution >= 4 is 11.9 Å². The number of β-lactam (4-membered cyclic amide) rings is 1. The first-order valence-corrected chi connectivity index (χ1v) is 4.56. The fraction of sp³-hybridized carbons (Fsp3) is 0.556. The van der Waals surface area contributed by atoms with E-state index in [4.69, 9.17) is 10.8 Å². The van der Waals surface area contributed by atoms with Crippen LogP contribution in [-0.4, -0.2) is 34.0 Å². The molecule has 3 atom stereocenters. The summed E-state index contributed by atoms with van der Waals surface area (Å²) in [4.78, 5) is 23.5. The molecule has 0 unspecified atom stereocenters. The van der Waals surface area contributed by atoms with Crippen molar-refractivity contribution in [2.24, 2.45) is 11.7 Å². The Labute approximate surface area is 81.2 Å². The predicted octanol–water partition coefficient (Wildman–Crippen LogP) is -0.467. The van der Waals surface area contributed by atoms with Gasteiger partial charge in [0.25, 0.3) is 0 Å². The Bertz CT molecular complexity index is 337. The molecule has 0 aromatic rings. The summed E-state index contributed by atoms with van der Waals surface area (Å²) in [5.74, 6) is -1.17. The highest BCUT2D eigenvalue weighted by atomic mass is 16.4. The summed E-state index contributed by atoms with van der Waals surface area (Å²) in [7, 11) is 0. The second kappa shape index (κ2) is 2.81. The van der Waals surface area contributed by atoms with Crippen molar-refractivity contribution in [2.75, 3.05) is 0 Å². The summed E-state index contributed by atoms with van der Waals surface area (Å²) in [6, 6.07) is -0.630. The highest BCUT2D eigenvalue weighted by molar-refractivity contribution is 5.99. The molecule has 0 aromatic heterocycles. The van der Waals surface area contributed by atoms with Crippen molar-refractivity contribution in [1.29, 1.82) is 0 Å². The maximum atomic E-state index is 11.3. The monoisotopic (exact) mass is 196 g/mol. The first-order chi connectivity index (χ1) is 6.52. The molecule has 0 aromatic carbocycles. The molecule has 1 fully saturated rings. The summed E-state index contributed by atoms with van der Waals surface area (Å²) < 4.78 is 0. The van der Waals surface area contributed by atoms with E-state index in [0.717, 1.165) is 6.42 Å². The number of hydrogen-bond acceptors (Lipinski definition) is 3. The molecule has 3 N–H and O–H groups in total. The van der Waals surface area contributed by atoms with Crippen LogP contribution >= 0.6 is 0 Å². The zero-order valence-electron chi connectivity index (χ0n) is 7.80. The van der Waals surface area contributed by atoms with Gasteiger partial charge >= 0.3 is 5.97 Å². The number of hydrogen-bond donors (Lipinski definition) is 2. The molecule has 5 heteroatoms. The number of nitrogens with two attached hydrogens (primary N) is 1. The van der Waals surface area contributed by atoms with Crippen molar-refractivity contribution < 1.29 is 14.7 Å². The number of amides is 1. The van der Waals surface area contributed by atoms with Crippen molar-refractivity contribution in [3.63, 3.8) is 0 Å². The van der Waals surface area contributed by atoms with E-state index in [9.17, 15) is 9.59 Å². The Kier molecular flexibility index (Phi) is 1.85. The van der Waals surface area contributed by atoms with Gasteiger partial charge in [-0.25, -0.2) is 4.79 Å². The average Bonchev–Trinajstić information content (AvgIpc) is 2.15. The fourth-order valence-electron chi connectivity index (χ4n) is 2.09. The van der Waals surface area contributed by atoms with Gasteiger partial charge in [-0.05, 0) is 12.3 Å². The number of allylic oxidation sites excluding steroid dienone is 1. The van der Waals surface area contributed by atoms with E-state index in [1.807, 2.05) is 6.92 Å². The Hall–Kier alpha value is -1.36. The first kappa shape index (κ1) is 9.21. The van der Waals surface area contributed by atoms with Crippen molar-refractivity contribution in [2.45, 2.75) is 25.4 Å². The average molecular weight is 196 g/mol. The third-order valence-corrected chi connectivity index (χ3v) is 2.80. The van der Waals surface area contributed by atoms with E-state index < -0.39 is 12.0 Å². The van der Waals surface area contributed by atoms with Crippen molar-refractivity contribution in [1.82, 2.24) is 4.90 Å². The molecule has 0 bridgehead atoms. The molecule has 14 heavy (non-hydrogen) atoms. The van der Waals surface area contributed by atoms with Gasteiger partial charge in [0.05, 0.1) is 6.04 Å².